The largest absolute Gasteiger partial charge is 0.508 e. The lowest BCUT2D eigenvalue weighted by atomic mass is 10.0. The highest BCUT2D eigenvalue weighted by Gasteiger charge is 2.20. The fourth-order valence-electron chi connectivity index (χ4n) is 2.46. The first kappa shape index (κ1) is 18.0. The normalized spacial score (nSPS) is 28.3. The maximum Gasteiger partial charge on any atom is 0.342 e. The summed E-state index contributed by atoms with van der Waals surface area (Å²) in [6, 6.07) is 2.44. The lowest BCUT2D eigenvalue weighted by Crippen LogP contribution is -2.23. The minimum Gasteiger partial charge on any atom is -0.508 e. The van der Waals surface area contributed by atoms with Crippen molar-refractivity contribution in [2.75, 3.05) is 0 Å². The molecule has 1 aromatic carbocycles. The summed E-state index contributed by atoms with van der Waals surface area (Å²) in [6.45, 7) is 1.68. The number of aromatic hydroxyl groups is 2. The molecule has 24 heavy (non-hydrogen) atoms. The standard InChI is InChI=1S/C18H22O6/c1-11-5-4-8-15(21)14(20)7-3-2-6-12-9-13(19)10-16(22)17(12)18(23)24-11/h2,4,6,8-11,14-15,19-22H,3,5,7H2,1H3/b6-2+,8-4+/t11-,14+,15-/m0/s1. The molecule has 0 radical (unpaired) electrons. The SMILES string of the molecule is C[C@H]1C/C=C/[C@H](O)[C@H](O)CC/C=C/c2cc(O)cc(O)c2C(=O)O1. The molecule has 0 aliphatic carbocycles. The molecule has 0 amide bonds. The Hall–Kier alpha value is -2.31. The third-order valence-corrected chi connectivity index (χ3v) is 3.77. The predicted molar refractivity (Wildman–Crippen MR) is 88.7 cm³/mol. The van der Waals surface area contributed by atoms with E-state index < -0.39 is 24.3 Å². The van der Waals surface area contributed by atoms with Crippen molar-refractivity contribution in [3.63, 3.8) is 0 Å². The Morgan fingerprint density at radius 3 is 2.67 bits per heavy atom. The number of carbonyl (C=O) groups excluding carboxylic acids is 1. The molecule has 0 spiro atoms. The zero-order valence-corrected chi connectivity index (χ0v) is 13.4. The van der Waals surface area contributed by atoms with Crippen molar-refractivity contribution in [2.45, 2.75) is 44.5 Å². The smallest absolute Gasteiger partial charge is 0.342 e. The summed E-state index contributed by atoms with van der Waals surface area (Å²) in [7, 11) is 0. The monoisotopic (exact) mass is 334 g/mol. The number of aliphatic hydroxyl groups is 2. The van der Waals surface area contributed by atoms with E-state index in [0.29, 0.717) is 24.8 Å². The van der Waals surface area contributed by atoms with Gasteiger partial charge in [0.2, 0.25) is 0 Å². The Morgan fingerprint density at radius 2 is 1.92 bits per heavy atom. The van der Waals surface area contributed by atoms with Crippen LogP contribution in [0, 0.1) is 0 Å². The summed E-state index contributed by atoms with van der Waals surface area (Å²) < 4.78 is 5.29. The Balaban J connectivity index is 2.36. The van der Waals surface area contributed by atoms with Gasteiger partial charge in [-0.25, -0.2) is 4.79 Å². The van der Waals surface area contributed by atoms with E-state index >= 15 is 0 Å². The van der Waals surface area contributed by atoms with Gasteiger partial charge in [-0.05, 0) is 31.4 Å². The highest BCUT2D eigenvalue weighted by atomic mass is 16.5. The van der Waals surface area contributed by atoms with Crippen LogP contribution in [-0.2, 0) is 4.74 Å². The Bertz CT molecular complexity index is 649. The molecule has 6 heteroatoms. The molecule has 1 aliphatic rings. The van der Waals surface area contributed by atoms with E-state index in [1.54, 1.807) is 25.2 Å². The summed E-state index contributed by atoms with van der Waals surface area (Å²) in [5, 5.41) is 39.3. The topological polar surface area (TPSA) is 107 Å². The quantitative estimate of drug-likeness (QED) is 0.428. The van der Waals surface area contributed by atoms with E-state index in [4.69, 9.17) is 4.74 Å². The first-order valence-electron chi connectivity index (χ1n) is 7.84. The van der Waals surface area contributed by atoms with Crippen molar-refractivity contribution >= 4 is 12.0 Å². The summed E-state index contributed by atoms with van der Waals surface area (Å²) in [4.78, 5) is 12.3. The third-order valence-electron chi connectivity index (χ3n) is 3.77. The maximum atomic E-state index is 12.3. The second kappa shape index (κ2) is 7.99. The van der Waals surface area contributed by atoms with E-state index in [-0.39, 0.29) is 17.1 Å². The fraction of sp³-hybridized carbons (Fsp3) is 0.389. The summed E-state index contributed by atoms with van der Waals surface area (Å²) in [6.07, 6.45) is 5.18. The van der Waals surface area contributed by atoms with Crippen LogP contribution in [0.5, 0.6) is 11.5 Å². The number of carbonyl (C=O) groups is 1. The number of benzene rings is 1. The molecule has 3 atom stereocenters. The predicted octanol–water partition coefficient (Wildman–Crippen LogP) is 2.12. The molecule has 130 valence electrons. The molecule has 0 fully saturated rings. The van der Waals surface area contributed by atoms with Crippen molar-refractivity contribution in [3.05, 3.63) is 41.5 Å². The van der Waals surface area contributed by atoms with Crippen LogP contribution >= 0.6 is 0 Å². The molecule has 0 aromatic heterocycles. The van der Waals surface area contributed by atoms with Gasteiger partial charge in [0.15, 0.2) is 0 Å². The van der Waals surface area contributed by atoms with Crippen LogP contribution in [-0.4, -0.2) is 44.7 Å². The van der Waals surface area contributed by atoms with Crippen molar-refractivity contribution in [1.29, 1.82) is 0 Å². The van der Waals surface area contributed by atoms with Gasteiger partial charge in [-0.2, -0.15) is 0 Å². The number of hydrogen-bond acceptors (Lipinski definition) is 6. The summed E-state index contributed by atoms with van der Waals surface area (Å²) in [5.41, 5.74) is 0.310. The van der Waals surface area contributed by atoms with E-state index in [1.165, 1.54) is 12.1 Å². The number of fused-ring (bicyclic) bond motifs is 1. The third kappa shape index (κ3) is 4.59. The minimum absolute atomic E-state index is 0.0162. The Kier molecular flexibility index (Phi) is 6.00. The van der Waals surface area contributed by atoms with Crippen molar-refractivity contribution in [1.82, 2.24) is 0 Å². The van der Waals surface area contributed by atoms with Gasteiger partial charge in [-0.3, -0.25) is 0 Å². The van der Waals surface area contributed by atoms with Crippen LogP contribution in [0.15, 0.2) is 30.4 Å². The van der Waals surface area contributed by atoms with E-state index in [2.05, 4.69) is 0 Å². The van der Waals surface area contributed by atoms with Crippen LogP contribution in [0.25, 0.3) is 6.08 Å². The maximum absolute atomic E-state index is 12.3. The minimum atomic E-state index is -0.982. The molecule has 4 N–H and O–H groups in total. The first-order valence-corrected chi connectivity index (χ1v) is 7.84. The zero-order valence-electron chi connectivity index (χ0n) is 13.4. The molecule has 2 rings (SSSR count). The molecule has 1 heterocycles. The average molecular weight is 334 g/mol. The lowest BCUT2D eigenvalue weighted by molar-refractivity contribution is 0.0337. The van der Waals surface area contributed by atoms with Gasteiger partial charge < -0.3 is 25.2 Å². The van der Waals surface area contributed by atoms with Gasteiger partial charge in [-0.15, -0.1) is 0 Å². The van der Waals surface area contributed by atoms with Gasteiger partial charge in [-0.1, -0.05) is 24.3 Å². The second-order valence-corrected chi connectivity index (χ2v) is 5.85. The molecule has 0 saturated carbocycles. The zero-order chi connectivity index (χ0) is 17.7. The number of allylic oxidation sites excluding steroid dienone is 1. The van der Waals surface area contributed by atoms with Crippen LogP contribution < -0.4 is 0 Å². The Labute approximate surface area is 140 Å². The summed E-state index contributed by atoms with van der Waals surface area (Å²) in [5.74, 6) is -1.22. The van der Waals surface area contributed by atoms with Crippen molar-refractivity contribution in [2.24, 2.45) is 0 Å². The van der Waals surface area contributed by atoms with Gasteiger partial charge >= 0.3 is 5.97 Å². The molecule has 0 unspecified atom stereocenters. The van der Waals surface area contributed by atoms with Crippen LogP contribution in [0.4, 0.5) is 0 Å². The first-order chi connectivity index (χ1) is 11.4. The number of rotatable bonds is 0. The highest BCUT2D eigenvalue weighted by molar-refractivity contribution is 5.97. The van der Waals surface area contributed by atoms with Gasteiger partial charge in [0.1, 0.15) is 23.2 Å². The van der Waals surface area contributed by atoms with Crippen molar-refractivity contribution in [3.8, 4) is 11.5 Å². The molecule has 6 nitrogen and oxygen atoms in total. The van der Waals surface area contributed by atoms with Crippen LogP contribution in [0.1, 0.15) is 42.1 Å². The molecule has 1 aliphatic heterocycles. The Morgan fingerprint density at radius 1 is 1.17 bits per heavy atom. The van der Waals surface area contributed by atoms with E-state index in [1.807, 2.05) is 0 Å². The molecule has 0 bridgehead atoms. The number of esters is 1. The number of cyclic esters (lactones) is 1. The highest BCUT2D eigenvalue weighted by Crippen LogP contribution is 2.29. The van der Waals surface area contributed by atoms with E-state index in [0.717, 1.165) is 6.07 Å². The number of phenolic OH excluding ortho intramolecular Hbond substituents is 2. The van der Waals surface area contributed by atoms with Gasteiger partial charge in [0, 0.05) is 12.5 Å². The lowest BCUT2D eigenvalue weighted by Gasteiger charge is -2.16. The second-order valence-electron chi connectivity index (χ2n) is 5.85. The van der Waals surface area contributed by atoms with Crippen molar-refractivity contribution < 1.29 is 30.0 Å². The number of hydrogen-bond donors (Lipinski definition) is 4. The molecular formula is C18H22O6. The molecular weight excluding hydrogens is 312 g/mol. The summed E-state index contributed by atoms with van der Waals surface area (Å²) >= 11 is 0. The van der Waals surface area contributed by atoms with Gasteiger partial charge in [0.05, 0.1) is 12.2 Å². The van der Waals surface area contributed by atoms with Crippen LogP contribution in [0.2, 0.25) is 0 Å². The van der Waals surface area contributed by atoms with Gasteiger partial charge in [0.25, 0.3) is 0 Å². The fourth-order valence-corrected chi connectivity index (χ4v) is 2.46. The number of phenols is 2. The molecule has 0 saturated heterocycles. The van der Waals surface area contributed by atoms with Crippen LogP contribution in [0.3, 0.4) is 0 Å². The van der Waals surface area contributed by atoms with E-state index in [9.17, 15) is 25.2 Å². The number of aliphatic hydroxyl groups excluding tert-OH is 2. The average Bonchev–Trinajstić information content (AvgIpc) is 2.49. The number of ether oxygens (including phenoxy) is 1. The molecule has 1 aromatic rings.